The number of benzene rings is 1. The molecule has 0 saturated carbocycles. The van der Waals surface area contributed by atoms with Gasteiger partial charge >= 0.3 is 5.97 Å². The second-order valence-electron chi connectivity index (χ2n) is 6.74. The Kier molecular flexibility index (Phi) is 3.91. The fraction of sp³-hybridized carbons (Fsp3) is 0.316. The first-order valence-electron chi connectivity index (χ1n) is 8.44. The van der Waals surface area contributed by atoms with Crippen LogP contribution in [0.2, 0.25) is 0 Å². The third-order valence-corrected chi connectivity index (χ3v) is 5.32. The molecule has 1 aromatic heterocycles. The average molecular weight is 370 g/mol. The normalized spacial score (nSPS) is 23.1. The molecule has 8 nitrogen and oxygen atoms in total. The van der Waals surface area contributed by atoms with E-state index in [0.29, 0.717) is 17.1 Å². The van der Waals surface area contributed by atoms with Crippen molar-refractivity contribution in [2.45, 2.75) is 5.92 Å². The first-order chi connectivity index (χ1) is 13.0. The molecule has 140 valence electrons. The van der Waals surface area contributed by atoms with Crippen LogP contribution in [0.15, 0.2) is 36.5 Å². The monoisotopic (exact) mass is 370 g/mol. The number of likely N-dealkylation sites (tertiary alicyclic amines) is 1. The molecule has 0 unspecified atom stereocenters. The number of rotatable bonds is 3. The van der Waals surface area contributed by atoms with Crippen molar-refractivity contribution in [2.24, 2.45) is 5.41 Å². The number of hydrogen-bond acceptors (Lipinski definition) is 6. The van der Waals surface area contributed by atoms with Gasteiger partial charge in [-0.3, -0.25) is 9.59 Å². The largest absolute Gasteiger partial charge is 0.505 e. The Labute approximate surface area is 155 Å². The van der Waals surface area contributed by atoms with Gasteiger partial charge in [-0.2, -0.15) is 0 Å². The minimum absolute atomic E-state index is 0.0293. The quantitative estimate of drug-likeness (QED) is 0.843. The topological polar surface area (TPSA) is 109 Å². The number of aromatic nitrogens is 1. The minimum Gasteiger partial charge on any atom is -0.505 e. The number of carbonyl (C=O) groups excluding carboxylic acids is 1. The first-order valence-corrected chi connectivity index (χ1v) is 8.44. The van der Waals surface area contributed by atoms with E-state index >= 15 is 0 Å². The lowest BCUT2D eigenvalue weighted by Gasteiger charge is -2.36. The predicted molar refractivity (Wildman–Crippen MR) is 93.1 cm³/mol. The van der Waals surface area contributed by atoms with Crippen LogP contribution in [-0.2, 0) is 4.79 Å². The van der Waals surface area contributed by atoms with Gasteiger partial charge in [0.05, 0.1) is 7.11 Å². The SMILES string of the molecule is COc1cccc2c1OC[C@@]1(C(=O)O)CN(C(=O)c3ncccc3O)C[C@@H]21. The number of pyridine rings is 1. The molecule has 0 spiro atoms. The summed E-state index contributed by atoms with van der Waals surface area (Å²) in [6.45, 7) is 0.0848. The van der Waals surface area contributed by atoms with Crippen molar-refractivity contribution in [3.05, 3.63) is 47.8 Å². The fourth-order valence-corrected chi connectivity index (χ4v) is 3.92. The van der Waals surface area contributed by atoms with Crippen LogP contribution in [-0.4, -0.2) is 58.8 Å². The van der Waals surface area contributed by atoms with Crippen molar-refractivity contribution < 1.29 is 29.3 Å². The van der Waals surface area contributed by atoms with Gasteiger partial charge in [0.2, 0.25) is 0 Å². The van der Waals surface area contributed by atoms with Gasteiger partial charge < -0.3 is 24.6 Å². The minimum atomic E-state index is -1.26. The highest BCUT2D eigenvalue weighted by atomic mass is 16.5. The molecule has 4 rings (SSSR count). The molecule has 2 aliphatic rings. The molecule has 1 fully saturated rings. The summed E-state index contributed by atoms with van der Waals surface area (Å²) in [5, 5.41) is 19.9. The van der Waals surface area contributed by atoms with E-state index in [1.807, 2.05) is 0 Å². The molecule has 1 amide bonds. The van der Waals surface area contributed by atoms with Gasteiger partial charge in [-0.05, 0) is 18.2 Å². The number of carboxylic acids is 1. The second kappa shape index (κ2) is 6.15. The maximum Gasteiger partial charge on any atom is 0.315 e. The van der Waals surface area contributed by atoms with E-state index < -0.39 is 23.2 Å². The standard InChI is InChI=1S/C19H18N2O6/c1-26-14-6-2-4-11-12-8-21(17(23)15-13(22)5-3-7-20-15)9-19(12,18(24)25)10-27-16(11)14/h2-7,12,22H,8-10H2,1H3,(H,24,25)/t12-,19-/m0/s1. The van der Waals surface area contributed by atoms with Crippen molar-refractivity contribution >= 4 is 11.9 Å². The van der Waals surface area contributed by atoms with E-state index in [1.54, 1.807) is 18.2 Å². The van der Waals surface area contributed by atoms with Crippen LogP contribution in [0, 0.1) is 5.41 Å². The number of aliphatic carboxylic acids is 1. The highest BCUT2D eigenvalue weighted by Gasteiger charge is 2.58. The highest BCUT2D eigenvalue weighted by Crippen LogP contribution is 2.52. The lowest BCUT2D eigenvalue weighted by Crippen LogP contribution is -2.46. The van der Waals surface area contributed by atoms with Gasteiger partial charge in [-0.1, -0.05) is 12.1 Å². The molecule has 0 aliphatic carbocycles. The lowest BCUT2D eigenvalue weighted by atomic mass is 9.73. The summed E-state index contributed by atoms with van der Waals surface area (Å²) in [6.07, 6.45) is 1.41. The van der Waals surface area contributed by atoms with Crippen molar-refractivity contribution in [2.75, 3.05) is 26.8 Å². The molecule has 8 heteroatoms. The Balaban J connectivity index is 1.75. The van der Waals surface area contributed by atoms with E-state index in [4.69, 9.17) is 9.47 Å². The van der Waals surface area contributed by atoms with E-state index in [1.165, 1.54) is 30.3 Å². The molecular formula is C19H18N2O6. The molecule has 1 saturated heterocycles. The molecule has 0 radical (unpaired) electrons. The highest BCUT2D eigenvalue weighted by molar-refractivity contribution is 5.96. The van der Waals surface area contributed by atoms with Gasteiger partial charge in [0.15, 0.2) is 17.2 Å². The molecule has 3 heterocycles. The third-order valence-electron chi connectivity index (χ3n) is 5.32. The number of carboxylic acid groups (broad SMARTS) is 1. The number of methoxy groups -OCH3 is 1. The van der Waals surface area contributed by atoms with Crippen LogP contribution in [0.4, 0.5) is 0 Å². The summed E-state index contributed by atoms with van der Waals surface area (Å²) in [7, 11) is 1.52. The molecular weight excluding hydrogens is 352 g/mol. The number of aromatic hydroxyl groups is 1. The van der Waals surface area contributed by atoms with E-state index in [9.17, 15) is 19.8 Å². The smallest absolute Gasteiger partial charge is 0.315 e. The lowest BCUT2D eigenvalue weighted by molar-refractivity contribution is -0.151. The predicted octanol–water partition coefficient (Wildman–Crippen LogP) is 1.50. The van der Waals surface area contributed by atoms with Crippen LogP contribution in [0.25, 0.3) is 0 Å². The number of amides is 1. The summed E-state index contributed by atoms with van der Waals surface area (Å²) in [5.41, 5.74) is -0.661. The van der Waals surface area contributed by atoms with Gasteiger partial charge in [0.25, 0.3) is 5.91 Å². The maximum atomic E-state index is 12.9. The van der Waals surface area contributed by atoms with Gasteiger partial charge in [-0.25, -0.2) is 4.98 Å². The third kappa shape index (κ3) is 2.48. The Morgan fingerprint density at radius 3 is 2.85 bits per heavy atom. The molecule has 27 heavy (non-hydrogen) atoms. The molecule has 2 atom stereocenters. The van der Waals surface area contributed by atoms with Crippen molar-refractivity contribution in [1.82, 2.24) is 9.88 Å². The number of para-hydroxylation sites is 1. The van der Waals surface area contributed by atoms with Crippen LogP contribution in [0.1, 0.15) is 22.0 Å². The summed E-state index contributed by atoms with van der Waals surface area (Å²) in [6, 6.07) is 8.21. The van der Waals surface area contributed by atoms with Crippen LogP contribution >= 0.6 is 0 Å². The summed E-state index contributed by atoms with van der Waals surface area (Å²) >= 11 is 0. The summed E-state index contributed by atoms with van der Waals surface area (Å²) in [5.74, 6) is -1.19. The van der Waals surface area contributed by atoms with Crippen molar-refractivity contribution in [3.8, 4) is 17.2 Å². The Bertz CT molecular complexity index is 930. The summed E-state index contributed by atoms with van der Waals surface area (Å²) < 4.78 is 11.1. The zero-order valence-electron chi connectivity index (χ0n) is 14.6. The van der Waals surface area contributed by atoms with Crippen molar-refractivity contribution in [3.63, 3.8) is 0 Å². The Morgan fingerprint density at radius 2 is 2.15 bits per heavy atom. The van der Waals surface area contributed by atoms with E-state index in [2.05, 4.69) is 4.98 Å². The maximum absolute atomic E-state index is 12.9. The number of nitrogens with zero attached hydrogens (tertiary/aromatic N) is 2. The van der Waals surface area contributed by atoms with E-state index in [-0.39, 0.29) is 31.1 Å². The molecule has 0 bridgehead atoms. The zero-order chi connectivity index (χ0) is 19.2. The number of hydrogen-bond donors (Lipinski definition) is 2. The zero-order valence-corrected chi connectivity index (χ0v) is 14.6. The van der Waals surface area contributed by atoms with Gasteiger partial charge in [-0.15, -0.1) is 0 Å². The molecule has 2 aliphatic heterocycles. The van der Waals surface area contributed by atoms with Gasteiger partial charge in [0, 0.05) is 30.8 Å². The molecule has 1 aromatic carbocycles. The second-order valence-corrected chi connectivity index (χ2v) is 6.74. The number of fused-ring (bicyclic) bond motifs is 3. The van der Waals surface area contributed by atoms with Crippen molar-refractivity contribution in [1.29, 1.82) is 0 Å². The van der Waals surface area contributed by atoms with Crippen LogP contribution in [0.5, 0.6) is 17.2 Å². The van der Waals surface area contributed by atoms with Crippen LogP contribution in [0.3, 0.4) is 0 Å². The molecule has 2 aromatic rings. The number of ether oxygens (including phenoxy) is 2. The fourth-order valence-electron chi connectivity index (χ4n) is 3.92. The van der Waals surface area contributed by atoms with Crippen LogP contribution < -0.4 is 9.47 Å². The summed E-state index contributed by atoms with van der Waals surface area (Å²) in [4.78, 5) is 30.4. The molecule has 2 N–H and O–H groups in total. The van der Waals surface area contributed by atoms with E-state index in [0.717, 1.165) is 0 Å². The average Bonchev–Trinajstić information content (AvgIpc) is 3.09. The Hall–Kier alpha value is -3.29. The first kappa shape index (κ1) is 17.1. The number of carbonyl (C=O) groups is 2. The van der Waals surface area contributed by atoms with Gasteiger partial charge in [0.1, 0.15) is 17.8 Å². The Morgan fingerprint density at radius 1 is 1.33 bits per heavy atom.